The number of thiazole rings is 1. The second-order valence-corrected chi connectivity index (χ2v) is 9.14. The standard InChI is InChI=1S/C27H19ClN4O4S/c1-36-20-12-6-11-19(14-20)32-25(34)22(28)23(26(32)35)29-18-10-5-9-17(13-18)24(33)31-27-30-21(15-37-27)16-7-3-2-4-8-16/h2-15,29H,1H3,(H,30,31,33). The number of benzene rings is 3. The molecule has 0 radical (unpaired) electrons. The molecule has 0 aliphatic carbocycles. The lowest BCUT2D eigenvalue weighted by molar-refractivity contribution is -0.120. The number of imide groups is 1. The molecule has 3 aromatic carbocycles. The molecule has 0 spiro atoms. The quantitative estimate of drug-likeness (QED) is 0.306. The third-order valence-corrected chi connectivity index (χ3v) is 6.64. The highest BCUT2D eigenvalue weighted by Crippen LogP contribution is 2.32. The fourth-order valence-electron chi connectivity index (χ4n) is 3.72. The first-order valence-electron chi connectivity index (χ1n) is 11.1. The van der Waals surface area contributed by atoms with Gasteiger partial charge in [-0.25, -0.2) is 9.88 Å². The largest absolute Gasteiger partial charge is 0.497 e. The predicted molar refractivity (Wildman–Crippen MR) is 144 cm³/mol. The lowest BCUT2D eigenvalue weighted by atomic mass is 10.2. The van der Waals surface area contributed by atoms with Gasteiger partial charge in [0.25, 0.3) is 17.7 Å². The van der Waals surface area contributed by atoms with Crippen LogP contribution in [0.2, 0.25) is 0 Å². The summed E-state index contributed by atoms with van der Waals surface area (Å²) in [4.78, 5) is 44.2. The Morgan fingerprint density at radius 2 is 1.76 bits per heavy atom. The first-order valence-corrected chi connectivity index (χ1v) is 12.3. The summed E-state index contributed by atoms with van der Waals surface area (Å²) in [6.07, 6.45) is 0. The Bertz CT molecular complexity index is 1550. The van der Waals surface area contributed by atoms with E-state index in [1.807, 2.05) is 35.7 Å². The van der Waals surface area contributed by atoms with Crippen molar-refractivity contribution in [1.82, 2.24) is 4.98 Å². The molecule has 2 heterocycles. The van der Waals surface area contributed by atoms with Gasteiger partial charge in [-0.2, -0.15) is 0 Å². The minimum Gasteiger partial charge on any atom is -0.497 e. The number of nitrogens with zero attached hydrogens (tertiary/aromatic N) is 2. The highest BCUT2D eigenvalue weighted by atomic mass is 35.5. The Labute approximate surface area is 221 Å². The van der Waals surface area contributed by atoms with Crippen molar-refractivity contribution in [2.75, 3.05) is 22.6 Å². The van der Waals surface area contributed by atoms with Crippen LogP contribution >= 0.6 is 22.9 Å². The Hall–Kier alpha value is -4.47. The van der Waals surface area contributed by atoms with Crippen LogP contribution in [0, 0.1) is 0 Å². The smallest absolute Gasteiger partial charge is 0.283 e. The van der Waals surface area contributed by atoms with E-state index in [1.54, 1.807) is 48.5 Å². The molecule has 10 heteroatoms. The van der Waals surface area contributed by atoms with Gasteiger partial charge in [0.2, 0.25) is 0 Å². The number of hydrogen-bond donors (Lipinski definition) is 2. The zero-order valence-electron chi connectivity index (χ0n) is 19.4. The van der Waals surface area contributed by atoms with Crippen LogP contribution in [0.25, 0.3) is 11.3 Å². The molecule has 37 heavy (non-hydrogen) atoms. The van der Waals surface area contributed by atoms with Crippen molar-refractivity contribution in [2.24, 2.45) is 0 Å². The number of rotatable bonds is 7. The number of carbonyl (C=O) groups excluding carboxylic acids is 3. The zero-order valence-corrected chi connectivity index (χ0v) is 21.0. The first kappa shape index (κ1) is 24.2. The van der Waals surface area contributed by atoms with Crippen LogP contribution in [-0.2, 0) is 9.59 Å². The van der Waals surface area contributed by atoms with Gasteiger partial charge in [0.15, 0.2) is 5.13 Å². The van der Waals surface area contributed by atoms with Crippen LogP contribution in [0.1, 0.15) is 10.4 Å². The summed E-state index contributed by atoms with van der Waals surface area (Å²) in [7, 11) is 1.49. The number of ether oxygens (including phenoxy) is 1. The monoisotopic (exact) mass is 530 g/mol. The normalized spacial score (nSPS) is 13.2. The number of aromatic nitrogens is 1. The van der Waals surface area contributed by atoms with Crippen molar-refractivity contribution in [2.45, 2.75) is 0 Å². The Balaban J connectivity index is 1.31. The number of halogens is 1. The molecule has 4 aromatic rings. The topological polar surface area (TPSA) is 101 Å². The number of amides is 3. The molecule has 0 atom stereocenters. The van der Waals surface area contributed by atoms with Gasteiger partial charge in [-0.3, -0.25) is 19.7 Å². The fraction of sp³-hybridized carbons (Fsp3) is 0.0370. The molecule has 0 saturated carbocycles. The molecule has 2 N–H and O–H groups in total. The number of methoxy groups -OCH3 is 1. The van der Waals surface area contributed by atoms with E-state index in [1.165, 1.54) is 18.4 Å². The molecular formula is C27H19ClN4O4S. The zero-order chi connectivity index (χ0) is 25.9. The summed E-state index contributed by atoms with van der Waals surface area (Å²) in [6.45, 7) is 0. The molecule has 0 unspecified atom stereocenters. The van der Waals surface area contributed by atoms with Gasteiger partial charge in [-0.15, -0.1) is 11.3 Å². The number of carbonyl (C=O) groups is 3. The van der Waals surface area contributed by atoms with E-state index >= 15 is 0 Å². The number of hydrogen-bond acceptors (Lipinski definition) is 7. The molecule has 1 aliphatic heterocycles. The summed E-state index contributed by atoms with van der Waals surface area (Å²) in [5.41, 5.74) is 2.71. The van der Waals surface area contributed by atoms with E-state index in [-0.39, 0.29) is 16.6 Å². The Morgan fingerprint density at radius 3 is 2.54 bits per heavy atom. The molecule has 184 valence electrons. The van der Waals surface area contributed by atoms with Gasteiger partial charge in [0, 0.05) is 28.3 Å². The fourth-order valence-corrected chi connectivity index (χ4v) is 4.65. The van der Waals surface area contributed by atoms with E-state index < -0.39 is 11.8 Å². The molecule has 8 nitrogen and oxygen atoms in total. The van der Waals surface area contributed by atoms with Crippen LogP contribution in [0.5, 0.6) is 5.75 Å². The SMILES string of the molecule is COc1cccc(N2C(=O)C(Cl)=C(Nc3cccc(C(=O)Nc4nc(-c5ccccc5)cs4)c3)C2=O)c1. The minimum atomic E-state index is -0.658. The Morgan fingerprint density at radius 1 is 0.973 bits per heavy atom. The van der Waals surface area contributed by atoms with Crippen LogP contribution in [-0.4, -0.2) is 29.8 Å². The molecule has 0 bridgehead atoms. The molecule has 0 saturated heterocycles. The highest BCUT2D eigenvalue weighted by molar-refractivity contribution is 7.14. The van der Waals surface area contributed by atoms with Crippen molar-refractivity contribution >= 4 is 57.2 Å². The van der Waals surface area contributed by atoms with Crippen molar-refractivity contribution in [3.63, 3.8) is 0 Å². The summed E-state index contributed by atoms with van der Waals surface area (Å²) < 4.78 is 5.18. The van der Waals surface area contributed by atoms with E-state index in [0.29, 0.717) is 27.8 Å². The maximum atomic E-state index is 13.1. The van der Waals surface area contributed by atoms with Crippen molar-refractivity contribution in [3.8, 4) is 17.0 Å². The van der Waals surface area contributed by atoms with E-state index in [4.69, 9.17) is 16.3 Å². The highest BCUT2D eigenvalue weighted by Gasteiger charge is 2.39. The average molecular weight is 531 g/mol. The molecular weight excluding hydrogens is 512 g/mol. The van der Waals surface area contributed by atoms with E-state index in [9.17, 15) is 14.4 Å². The van der Waals surface area contributed by atoms with Gasteiger partial charge in [-0.1, -0.05) is 54.1 Å². The molecule has 1 aromatic heterocycles. The lowest BCUT2D eigenvalue weighted by Crippen LogP contribution is -2.32. The first-order chi connectivity index (χ1) is 17.9. The van der Waals surface area contributed by atoms with Crippen molar-refractivity contribution in [1.29, 1.82) is 0 Å². The van der Waals surface area contributed by atoms with E-state index in [2.05, 4.69) is 15.6 Å². The van der Waals surface area contributed by atoms with E-state index in [0.717, 1.165) is 16.2 Å². The van der Waals surface area contributed by atoms with Crippen LogP contribution in [0.4, 0.5) is 16.5 Å². The maximum absolute atomic E-state index is 13.1. The molecule has 1 aliphatic rings. The van der Waals surface area contributed by atoms with Crippen molar-refractivity contribution < 1.29 is 19.1 Å². The van der Waals surface area contributed by atoms with Gasteiger partial charge in [0.05, 0.1) is 18.5 Å². The lowest BCUT2D eigenvalue weighted by Gasteiger charge is -2.16. The van der Waals surface area contributed by atoms with Gasteiger partial charge in [0.1, 0.15) is 16.5 Å². The molecule has 5 rings (SSSR count). The summed E-state index contributed by atoms with van der Waals surface area (Å²) >= 11 is 7.56. The van der Waals surface area contributed by atoms with Crippen LogP contribution < -0.4 is 20.3 Å². The van der Waals surface area contributed by atoms with Gasteiger partial charge in [-0.05, 0) is 30.3 Å². The number of anilines is 3. The maximum Gasteiger partial charge on any atom is 0.283 e. The third-order valence-electron chi connectivity index (χ3n) is 5.53. The molecule has 0 fully saturated rings. The van der Waals surface area contributed by atoms with Crippen molar-refractivity contribution in [3.05, 3.63) is 101 Å². The molecule has 3 amide bonds. The second kappa shape index (κ2) is 10.3. The summed E-state index contributed by atoms with van der Waals surface area (Å²) in [5.74, 6) is -1.15. The minimum absolute atomic E-state index is 0.0838. The third kappa shape index (κ3) is 4.95. The van der Waals surface area contributed by atoms with Crippen LogP contribution in [0.3, 0.4) is 0 Å². The number of nitrogens with one attached hydrogen (secondary N) is 2. The Kier molecular flexibility index (Phi) is 6.72. The van der Waals surface area contributed by atoms with Crippen LogP contribution in [0.15, 0.2) is 95.0 Å². The summed E-state index contributed by atoms with van der Waals surface area (Å²) in [5, 5.41) is 7.77. The predicted octanol–water partition coefficient (Wildman–Crippen LogP) is 5.51. The van der Waals surface area contributed by atoms with Gasteiger partial charge < -0.3 is 10.1 Å². The van der Waals surface area contributed by atoms with Gasteiger partial charge >= 0.3 is 0 Å². The second-order valence-electron chi connectivity index (χ2n) is 7.90. The average Bonchev–Trinajstić information content (AvgIpc) is 3.48. The summed E-state index contributed by atoms with van der Waals surface area (Å²) in [6, 6.07) is 22.7.